The maximum atomic E-state index is 13.1. The van der Waals surface area contributed by atoms with Gasteiger partial charge in [0, 0.05) is 5.92 Å². The lowest BCUT2D eigenvalue weighted by molar-refractivity contribution is -0.180. The Kier molecular flexibility index (Phi) is 4.95. The number of aliphatic hydroxyl groups excluding tert-OH is 1. The second kappa shape index (κ2) is 6.12. The molecule has 0 radical (unpaired) electrons. The van der Waals surface area contributed by atoms with Gasteiger partial charge in [0.15, 0.2) is 0 Å². The van der Waals surface area contributed by atoms with Crippen LogP contribution < -0.4 is 0 Å². The van der Waals surface area contributed by atoms with Crippen LogP contribution in [0.5, 0.6) is 0 Å². The van der Waals surface area contributed by atoms with Gasteiger partial charge in [0.25, 0.3) is 0 Å². The fourth-order valence-electron chi connectivity index (χ4n) is 4.61. The summed E-state index contributed by atoms with van der Waals surface area (Å²) in [5, 5.41) is 10.5. The van der Waals surface area contributed by atoms with Gasteiger partial charge in [0.1, 0.15) is 12.4 Å². The first-order valence-electron chi connectivity index (χ1n) is 9.14. The molecule has 4 heteroatoms. The molecule has 6 unspecified atom stereocenters. The number of hydrogen-bond acceptors (Lipinski definition) is 4. The van der Waals surface area contributed by atoms with E-state index in [1.165, 1.54) is 0 Å². The number of rotatable bonds is 4. The first-order chi connectivity index (χ1) is 10.8. The minimum absolute atomic E-state index is 0.00302. The van der Waals surface area contributed by atoms with E-state index < -0.39 is 17.6 Å². The van der Waals surface area contributed by atoms with Gasteiger partial charge in [0.05, 0.1) is 11.5 Å². The van der Waals surface area contributed by atoms with Crippen LogP contribution in [0.1, 0.15) is 67.7 Å². The monoisotopic (exact) mass is 338 g/mol. The molecular weight excluding hydrogens is 304 g/mol. The Morgan fingerprint density at radius 3 is 2.12 bits per heavy atom. The van der Waals surface area contributed by atoms with E-state index in [1.807, 2.05) is 6.92 Å². The first kappa shape index (κ1) is 19.4. The molecule has 24 heavy (non-hydrogen) atoms. The number of ether oxygens (including phenoxy) is 1. The van der Waals surface area contributed by atoms with E-state index in [0.29, 0.717) is 0 Å². The summed E-state index contributed by atoms with van der Waals surface area (Å²) in [7, 11) is 0. The lowest BCUT2D eigenvalue weighted by atomic mass is 9.61. The van der Waals surface area contributed by atoms with Crippen molar-refractivity contribution < 1.29 is 19.4 Å². The van der Waals surface area contributed by atoms with Gasteiger partial charge >= 0.3 is 5.97 Å². The molecule has 0 saturated heterocycles. The van der Waals surface area contributed by atoms with Crippen molar-refractivity contribution >= 4 is 12.3 Å². The summed E-state index contributed by atoms with van der Waals surface area (Å²) >= 11 is 0. The number of esters is 1. The highest BCUT2D eigenvalue weighted by Gasteiger charge is 2.56. The standard InChI is InChI=1S/C20H34O4/c1-18(2,3)11-20(7,19(4,5)6)17(23)24-16-12-8-13(10-21)14(9-12)15(16)22/h10,12-16,22H,8-9,11H2,1-7H3. The fourth-order valence-corrected chi connectivity index (χ4v) is 4.61. The summed E-state index contributed by atoms with van der Waals surface area (Å²) in [6.45, 7) is 14.6. The normalized spacial score (nSPS) is 35.6. The second-order valence-corrected chi connectivity index (χ2v) is 10.4. The van der Waals surface area contributed by atoms with Gasteiger partial charge < -0.3 is 14.6 Å². The third-order valence-corrected chi connectivity index (χ3v) is 6.35. The molecule has 6 atom stereocenters. The summed E-state index contributed by atoms with van der Waals surface area (Å²) in [5.74, 6) is -0.232. The minimum Gasteiger partial charge on any atom is -0.459 e. The summed E-state index contributed by atoms with van der Waals surface area (Å²) in [6.07, 6.45) is 2.02. The molecule has 2 aliphatic carbocycles. The quantitative estimate of drug-likeness (QED) is 0.628. The van der Waals surface area contributed by atoms with Gasteiger partial charge in [-0.15, -0.1) is 0 Å². The van der Waals surface area contributed by atoms with Crippen molar-refractivity contribution in [3.05, 3.63) is 0 Å². The van der Waals surface area contributed by atoms with E-state index in [0.717, 1.165) is 25.5 Å². The molecule has 0 aromatic rings. The third-order valence-electron chi connectivity index (χ3n) is 6.35. The van der Waals surface area contributed by atoms with Crippen molar-refractivity contribution in [2.45, 2.75) is 79.9 Å². The summed E-state index contributed by atoms with van der Waals surface area (Å²) in [4.78, 5) is 24.2. The Morgan fingerprint density at radius 1 is 1.12 bits per heavy atom. The number of fused-ring (bicyclic) bond motifs is 2. The van der Waals surface area contributed by atoms with Crippen LogP contribution in [-0.4, -0.2) is 29.6 Å². The van der Waals surface area contributed by atoms with Crippen LogP contribution in [-0.2, 0) is 14.3 Å². The maximum absolute atomic E-state index is 13.1. The predicted octanol–water partition coefficient (Wildman–Crippen LogP) is 3.60. The van der Waals surface area contributed by atoms with Crippen LogP contribution in [0, 0.1) is 34.0 Å². The topological polar surface area (TPSA) is 63.6 Å². The lowest BCUT2D eigenvalue weighted by Gasteiger charge is -2.44. The average molecular weight is 338 g/mol. The molecule has 0 spiro atoms. The number of carbonyl (C=O) groups is 2. The molecule has 2 fully saturated rings. The Morgan fingerprint density at radius 2 is 1.71 bits per heavy atom. The Hall–Kier alpha value is -0.900. The molecular formula is C20H34O4. The van der Waals surface area contributed by atoms with Gasteiger partial charge in [-0.05, 0) is 48.9 Å². The largest absolute Gasteiger partial charge is 0.459 e. The summed E-state index contributed by atoms with van der Waals surface area (Å²) in [5.41, 5.74) is -0.876. The molecule has 0 aromatic carbocycles. The molecule has 2 bridgehead atoms. The molecule has 0 amide bonds. The first-order valence-corrected chi connectivity index (χ1v) is 9.14. The van der Waals surface area contributed by atoms with E-state index in [2.05, 4.69) is 41.5 Å². The Labute approximate surface area is 146 Å². The van der Waals surface area contributed by atoms with Crippen molar-refractivity contribution in [3.63, 3.8) is 0 Å². The van der Waals surface area contributed by atoms with Crippen molar-refractivity contribution in [3.8, 4) is 0 Å². The highest BCUT2D eigenvalue weighted by atomic mass is 16.6. The second-order valence-electron chi connectivity index (χ2n) is 10.4. The van der Waals surface area contributed by atoms with Crippen LogP contribution in [0.2, 0.25) is 0 Å². The predicted molar refractivity (Wildman–Crippen MR) is 93.3 cm³/mol. The van der Waals surface area contributed by atoms with Gasteiger partial charge in [-0.1, -0.05) is 41.5 Å². The molecule has 2 aliphatic rings. The zero-order valence-electron chi connectivity index (χ0n) is 16.3. The average Bonchev–Trinajstić information content (AvgIpc) is 2.95. The van der Waals surface area contributed by atoms with Crippen LogP contribution in [0.4, 0.5) is 0 Å². The molecule has 138 valence electrons. The van der Waals surface area contributed by atoms with E-state index in [1.54, 1.807) is 0 Å². The molecule has 1 N–H and O–H groups in total. The lowest BCUT2D eigenvalue weighted by Crippen LogP contribution is -2.48. The smallest absolute Gasteiger partial charge is 0.312 e. The summed E-state index contributed by atoms with van der Waals surface area (Å²) in [6, 6.07) is 0. The number of hydrogen-bond donors (Lipinski definition) is 1. The van der Waals surface area contributed by atoms with Crippen LogP contribution >= 0.6 is 0 Å². The van der Waals surface area contributed by atoms with Crippen molar-refractivity contribution in [1.29, 1.82) is 0 Å². The number of carbonyl (C=O) groups excluding carboxylic acids is 2. The highest BCUT2D eigenvalue weighted by molar-refractivity contribution is 5.77. The van der Waals surface area contributed by atoms with Crippen molar-refractivity contribution in [2.75, 3.05) is 0 Å². The van der Waals surface area contributed by atoms with Crippen molar-refractivity contribution in [2.24, 2.45) is 34.0 Å². The highest BCUT2D eigenvalue weighted by Crippen LogP contribution is 2.52. The van der Waals surface area contributed by atoms with E-state index in [9.17, 15) is 14.7 Å². The molecule has 0 aromatic heterocycles. The fraction of sp³-hybridized carbons (Fsp3) is 0.900. The zero-order chi connectivity index (χ0) is 18.5. The summed E-state index contributed by atoms with van der Waals surface area (Å²) < 4.78 is 5.88. The maximum Gasteiger partial charge on any atom is 0.312 e. The van der Waals surface area contributed by atoms with Gasteiger partial charge in [0.2, 0.25) is 0 Å². The van der Waals surface area contributed by atoms with E-state index in [-0.39, 0.29) is 34.6 Å². The molecule has 0 heterocycles. The molecule has 4 nitrogen and oxygen atoms in total. The van der Waals surface area contributed by atoms with Gasteiger partial charge in [-0.25, -0.2) is 0 Å². The van der Waals surface area contributed by atoms with E-state index >= 15 is 0 Å². The van der Waals surface area contributed by atoms with Crippen molar-refractivity contribution in [1.82, 2.24) is 0 Å². The Bertz CT molecular complexity index is 497. The molecule has 0 aliphatic heterocycles. The van der Waals surface area contributed by atoms with Crippen LogP contribution in [0.15, 0.2) is 0 Å². The zero-order valence-corrected chi connectivity index (χ0v) is 16.3. The number of aliphatic hydroxyl groups is 1. The third kappa shape index (κ3) is 3.40. The SMILES string of the molecule is CC(C)(C)CC(C)(C(=O)OC1C2CC(C=O)C(C2)C1O)C(C)(C)C. The van der Waals surface area contributed by atoms with Crippen LogP contribution in [0.25, 0.3) is 0 Å². The number of aldehydes is 1. The Balaban J connectivity index is 2.16. The van der Waals surface area contributed by atoms with Crippen LogP contribution in [0.3, 0.4) is 0 Å². The van der Waals surface area contributed by atoms with E-state index in [4.69, 9.17) is 4.74 Å². The van der Waals surface area contributed by atoms with Gasteiger partial charge in [-0.3, -0.25) is 4.79 Å². The van der Waals surface area contributed by atoms with Gasteiger partial charge in [-0.2, -0.15) is 0 Å². The minimum atomic E-state index is -0.707. The molecule has 2 rings (SSSR count). The molecule has 2 saturated carbocycles.